The molecule has 0 aromatic heterocycles. The van der Waals surface area contributed by atoms with Gasteiger partial charge in [0.25, 0.3) is 0 Å². The molecule has 0 aliphatic carbocycles. The SMILES string of the molecule is COc1ccc2cc1OCCCCN(C(C)=O)CC(=O)NC[C@H]1C[C@H]2N2CCC[C@@H]12. The summed E-state index contributed by atoms with van der Waals surface area (Å²) in [6, 6.07) is 7.13. The molecule has 7 heteroatoms. The van der Waals surface area contributed by atoms with Gasteiger partial charge in [-0.1, -0.05) is 6.07 Å². The van der Waals surface area contributed by atoms with Crippen molar-refractivity contribution in [1.29, 1.82) is 0 Å². The van der Waals surface area contributed by atoms with Crippen molar-refractivity contribution in [3.05, 3.63) is 23.8 Å². The molecule has 0 saturated carbocycles. The quantitative estimate of drug-likeness (QED) is 0.763. The Hall–Kier alpha value is -2.28. The van der Waals surface area contributed by atoms with Crippen LogP contribution in [0.3, 0.4) is 0 Å². The van der Waals surface area contributed by atoms with Crippen molar-refractivity contribution in [2.75, 3.05) is 39.9 Å². The molecule has 30 heavy (non-hydrogen) atoms. The van der Waals surface area contributed by atoms with Crippen molar-refractivity contribution in [2.24, 2.45) is 5.92 Å². The minimum Gasteiger partial charge on any atom is -0.493 e. The zero-order valence-corrected chi connectivity index (χ0v) is 18.1. The summed E-state index contributed by atoms with van der Waals surface area (Å²) in [4.78, 5) is 28.7. The Morgan fingerprint density at radius 2 is 2.10 bits per heavy atom. The minimum atomic E-state index is -0.0653. The zero-order valence-electron chi connectivity index (χ0n) is 18.1. The van der Waals surface area contributed by atoms with E-state index in [1.54, 1.807) is 12.0 Å². The Bertz CT molecular complexity index is 784. The summed E-state index contributed by atoms with van der Waals surface area (Å²) in [5.41, 5.74) is 1.27. The van der Waals surface area contributed by atoms with Crippen LogP contribution in [0.1, 0.15) is 50.6 Å². The van der Waals surface area contributed by atoms with E-state index in [0.717, 1.165) is 37.3 Å². The van der Waals surface area contributed by atoms with E-state index in [-0.39, 0.29) is 18.4 Å². The Morgan fingerprint density at radius 1 is 1.23 bits per heavy atom. The van der Waals surface area contributed by atoms with Gasteiger partial charge in [0.2, 0.25) is 11.8 Å². The van der Waals surface area contributed by atoms with E-state index in [1.807, 2.05) is 6.07 Å². The van der Waals surface area contributed by atoms with Crippen LogP contribution in [-0.4, -0.2) is 67.6 Å². The number of amides is 2. The lowest BCUT2D eigenvalue weighted by atomic mass is 9.94. The molecule has 3 aliphatic rings. The molecule has 1 aromatic rings. The highest BCUT2D eigenvalue weighted by Gasteiger charge is 2.44. The molecule has 4 bridgehead atoms. The smallest absolute Gasteiger partial charge is 0.239 e. The van der Waals surface area contributed by atoms with E-state index in [9.17, 15) is 9.59 Å². The first-order chi connectivity index (χ1) is 14.6. The number of hydrogen-bond acceptors (Lipinski definition) is 5. The van der Waals surface area contributed by atoms with E-state index in [1.165, 1.54) is 25.3 Å². The summed E-state index contributed by atoms with van der Waals surface area (Å²) in [6.07, 6.45) is 4.99. The topological polar surface area (TPSA) is 71.1 Å². The zero-order chi connectivity index (χ0) is 21.1. The predicted octanol–water partition coefficient (Wildman–Crippen LogP) is 2.36. The lowest BCUT2D eigenvalue weighted by Crippen LogP contribution is -2.42. The van der Waals surface area contributed by atoms with E-state index in [2.05, 4.69) is 22.3 Å². The van der Waals surface area contributed by atoms with Crippen LogP contribution in [0, 0.1) is 5.92 Å². The third kappa shape index (κ3) is 4.41. The van der Waals surface area contributed by atoms with Crippen molar-refractivity contribution in [3.63, 3.8) is 0 Å². The normalized spacial score (nSPS) is 27.9. The number of carbonyl (C=O) groups excluding carboxylic acids is 2. The van der Waals surface area contributed by atoms with Gasteiger partial charge in [0.05, 0.1) is 20.3 Å². The molecule has 0 spiro atoms. The van der Waals surface area contributed by atoms with E-state index in [0.29, 0.717) is 37.7 Å². The first kappa shape index (κ1) is 21.0. The second kappa shape index (κ2) is 9.25. The second-order valence-corrected chi connectivity index (χ2v) is 8.67. The molecule has 0 unspecified atom stereocenters. The number of methoxy groups -OCH3 is 1. The van der Waals surface area contributed by atoms with Crippen LogP contribution in [0.4, 0.5) is 0 Å². The minimum absolute atomic E-state index is 0.0618. The van der Waals surface area contributed by atoms with Crippen LogP contribution in [0.15, 0.2) is 18.2 Å². The van der Waals surface area contributed by atoms with Gasteiger partial charge >= 0.3 is 0 Å². The second-order valence-electron chi connectivity index (χ2n) is 8.67. The number of nitrogens with zero attached hydrogens (tertiary/aromatic N) is 2. The fourth-order valence-corrected chi connectivity index (χ4v) is 5.26. The fraction of sp³-hybridized carbons (Fsp3) is 0.652. The van der Waals surface area contributed by atoms with Crippen molar-refractivity contribution >= 4 is 11.8 Å². The lowest BCUT2D eigenvalue weighted by Gasteiger charge is -2.25. The Kier molecular flexibility index (Phi) is 6.46. The number of carbonyl (C=O) groups is 2. The summed E-state index contributed by atoms with van der Waals surface area (Å²) in [7, 11) is 1.67. The molecule has 2 saturated heterocycles. The fourth-order valence-electron chi connectivity index (χ4n) is 5.26. The third-order valence-electron chi connectivity index (χ3n) is 6.81. The van der Waals surface area contributed by atoms with Crippen LogP contribution < -0.4 is 14.8 Å². The maximum atomic E-state index is 12.5. The summed E-state index contributed by atoms with van der Waals surface area (Å²) < 4.78 is 11.6. The molecule has 164 valence electrons. The van der Waals surface area contributed by atoms with Gasteiger partial charge in [-0.25, -0.2) is 0 Å². The van der Waals surface area contributed by atoms with Crippen molar-refractivity contribution in [2.45, 2.75) is 51.1 Å². The highest BCUT2D eigenvalue weighted by Crippen LogP contribution is 2.46. The molecule has 1 aromatic carbocycles. The van der Waals surface area contributed by atoms with Crippen LogP contribution in [0.2, 0.25) is 0 Å². The van der Waals surface area contributed by atoms with E-state index in [4.69, 9.17) is 9.47 Å². The number of hydrogen-bond donors (Lipinski definition) is 1. The summed E-state index contributed by atoms with van der Waals surface area (Å²) in [5.74, 6) is 1.84. The standard InChI is InChI=1S/C23H33N3O4/c1-16(27)25-9-3-4-11-30-22-13-17(7-8-21(22)29-2)20-12-18(14-24-23(28)15-25)19-6-5-10-26(19)20/h7-8,13,18-20H,3-6,9-12,14-15H2,1-2H3,(H,24,28)/t18-,19+,20-/m1/s1. The van der Waals surface area contributed by atoms with Crippen LogP contribution >= 0.6 is 0 Å². The monoisotopic (exact) mass is 415 g/mol. The molecule has 1 N–H and O–H groups in total. The van der Waals surface area contributed by atoms with Gasteiger partial charge in [0.1, 0.15) is 0 Å². The Labute approximate surface area is 178 Å². The lowest BCUT2D eigenvalue weighted by molar-refractivity contribution is -0.134. The largest absolute Gasteiger partial charge is 0.493 e. The van der Waals surface area contributed by atoms with Gasteiger partial charge in [0, 0.05) is 32.1 Å². The molecular formula is C23H33N3O4. The first-order valence-corrected chi connectivity index (χ1v) is 11.2. The molecule has 4 rings (SSSR count). The van der Waals surface area contributed by atoms with Crippen molar-refractivity contribution < 1.29 is 19.1 Å². The highest BCUT2D eigenvalue weighted by atomic mass is 16.5. The van der Waals surface area contributed by atoms with Gasteiger partial charge in [-0.2, -0.15) is 0 Å². The summed E-state index contributed by atoms with van der Waals surface area (Å²) >= 11 is 0. The highest BCUT2D eigenvalue weighted by molar-refractivity contribution is 5.83. The predicted molar refractivity (Wildman–Crippen MR) is 114 cm³/mol. The Morgan fingerprint density at radius 3 is 2.90 bits per heavy atom. The number of fused-ring (bicyclic) bond motifs is 8. The van der Waals surface area contributed by atoms with Crippen LogP contribution in [0.5, 0.6) is 11.5 Å². The average molecular weight is 416 g/mol. The van der Waals surface area contributed by atoms with Gasteiger partial charge in [0.15, 0.2) is 11.5 Å². The number of rotatable bonds is 1. The number of nitrogens with one attached hydrogen (secondary N) is 1. The molecular weight excluding hydrogens is 382 g/mol. The molecule has 0 radical (unpaired) electrons. The van der Waals surface area contributed by atoms with Crippen molar-refractivity contribution in [3.8, 4) is 11.5 Å². The molecule has 7 nitrogen and oxygen atoms in total. The Balaban J connectivity index is 1.59. The van der Waals surface area contributed by atoms with Gasteiger partial charge in [-0.3, -0.25) is 14.5 Å². The van der Waals surface area contributed by atoms with Gasteiger partial charge < -0.3 is 19.7 Å². The third-order valence-corrected chi connectivity index (χ3v) is 6.81. The first-order valence-electron chi connectivity index (χ1n) is 11.2. The molecule has 3 atom stereocenters. The van der Waals surface area contributed by atoms with E-state index >= 15 is 0 Å². The number of ether oxygens (including phenoxy) is 2. The molecule has 3 aliphatic heterocycles. The van der Waals surface area contributed by atoms with E-state index < -0.39 is 0 Å². The number of benzene rings is 1. The van der Waals surface area contributed by atoms with Gasteiger partial charge in [-0.05, 0) is 62.3 Å². The maximum Gasteiger partial charge on any atom is 0.239 e. The van der Waals surface area contributed by atoms with Crippen LogP contribution in [0.25, 0.3) is 0 Å². The molecule has 2 amide bonds. The molecule has 3 heterocycles. The maximum absolute atomic E-state index is 12.5. The van der Waals surface area contributed by atoms with Gasteiger partial charge in [-0.15, -0.1) is 0 Å². The van der Waals surface area contributed by atoms with Crippen LogP contribution in [-0.2, 0) is 9.59 Å². The van der Waals surface area contributed by atoms with Crippen molar-refractivity contribution in [1.82, 2.24) is 15.1 Å². The average Bonchev–Trinajstić information content (AvgIpc) is 3.33. The summed E-state index contributed by atoms with van der Waals surface area (Å²) in [5, 5.41) is 3.11. The summed E-state index contributed by atoms with van der Waals surface area (Å²) in [6.45, 7) is 4.54. The molecule has 2 fully saturated rings.